The highest BCUT2D eigenvalue weighted by Crippen LogP contribution is 2.60. The second-order valence-corrected chi connectivity index (χ2v) is 6.60. The molecule has 0 aromatic carbocycles. The van der Waals surface area contributed by atoms with Crippen LogP contribution < -0.4 is 0 Å². The van der Waals surface area contributed by atoms with Crippen LogP contribution in [0.2, 0.25) is 0 Å². The highest BCUT2D eigenvalue weighted by molar-refractivity contribution is 5.79. The number of ether oxygens (including phenoxy) is 2. The maximum Gasteiger partial charge on any atom is 0.314 e. The molecule has 4 bridgehead atoms. The van der Waals surface area contributed by atoms with Gasteiger partial charge in [-0.15, -0.1) is 0 Å². The van der Waals surface area contributed by atoms with Crippen molar-refractivity contribution in [2.75, 3.05) is 0 Å². The van der Waals surface area contributed by atoms with Gasteiger partial charge in [0.05, 0.1) is 11.3 Å². The molecule has 4 aliphatic rings. The van der Waals surface area contributed by atoms with Gasteiger partial charge < -0.3 is 9.47 Å². The third kappa shape index (κ3) is 1.44. The fourth-order valence-electron chi connectivity index (χ4n) is 3.49. The van der Waals surface area contributed by atoms with E-state index in [-0.39, 0.29) is 23.8 Å². The van der Waals surface area contributed by atoms with Gasteiger partial charge in [0.15, 0.2) is 0 Å². The summed E-state index contributed by atoms with van der Waals surface area (Å²) in [6.07, 6.45) is 3.23. The summed E-state index contributed by atoms with van der Waals surface area (Å²) in [4.78, 5) is 24.0. The van der Waals surface area contributed by atoms with Crippen molar-refractivity contribution in [1.82, 2.24) is 0 Å². The van der Waals surface area contributed by atoms with Crippen molar-refractivity contribution in [2.45, 2.75) is 52.2 Å². The van der Waals surface area contributed by atoms with E-state index >= 15 is 0 Å². The molecular formula is C14H20O4. The number of esters is 2. The molecule has 4 rings (SSSR count). The fraction of sp³-hybridized carbons (Fsp3) is 0.857. The van der Waals surface area contributed by atoms with Gasteiger partial charge in [-0.05, 0) is 39.0 Å². The maximum atomic E-state index is 12.2. The summed E-state index contributed by atoms with van der Waals surface area (Å²) >= 11 is 0. The number of rotatable bonds is 3. The Labute approximate surface area is 107 Å². The highest BCUT2D eigenvalue weighted by Gasteiger charge is 2.67. The molecule has 4 nitrogen and oxygen atoms in total. The van der Waals surface area contributed by atoms with E-state index in [1.54, 1.807) is 0 Å². The molecule has 2 saturated carbocycles. The van der Waals surface area contributed by atoms with Crippen LogP contribution in [0, 0.1) is 23.2 Å². The summed E-state index contributed by atoms with van der Waals surface area (Å²) in [5.74, 6) is -0.684. The zero-order valence-electron chi connectivity index (χ0n) is 11.2. The molecule has 2 aliphatic carbocycles. The standard InChI is InChI=1S/C14H20O4/c1-4-13(2,3)12(16)18-14-7-8-5-9(14)6-10(8)11(15)17-14/h8-10H,4-7H2,1-3H3. The largest absolute Gasteiger partial charge is 0.422 e. The summed E-state index contributed by atoms with van der Waals surface area (Å²) < 4.78 is 11.1. The Morgan fingerprint density at radius 3 is 2.78 bits per heavy atom. The van der Waals surface area contributed by atoms with Crippen molar-refractivity contribution in [3.63, 3.8) is 0 Å². The fourth-order valence-corrected chi connectivity index (χ4v) is 3.49. The molecule has 0 spiro atoms. The second-order valence-electron chi connectivity index (χ2n) is 6.60. The lowest BCUT2D eigenvalue weighted by atomic mass is 9.81. The quantitative estimate of drug-likeness (QED) is 0.723. The monoisotopic (exact) mass is 252 g/mol. The van der Waals surface area contributed by atoms with Crippen LogP contribution in [0.15, 0.2) is 0 Å². The summed E-state index contributed by atoms with van der Waals surface area (Å²) in [7, 11) is 0. The third-order valence-electron chi connectivity index (χ3n) is 5.14. The van der Waals surface area contributed by atoms with E-state index in [0.29, 0.717) is 18.8 Å². The summed E-state index contributed by atoms with van der Waals surface area (Å²) in [6.45, 7) is 5.70. The maximum absolute atomic E-state index is 12.2. The van der Waals surface area contributed by atoms with Gasteiger partial charge in [0, 0.05) is 12.3 Å². The molecule has 2 aliphatic heterocycles. The van der Waals surface area contributed by atoms with Crippen LogP contribution in [0.4, 0.5) is 0 Å². The summed E-state index contributed by atoms with van der Waals surface area (Å²) in [5.41, 5.74) is -0.514. The van der Waals surface area contributed by atoms with Crippen molar-refractivity contribution in [1.29, 1.82) is 0 Å². The van der Waals surface area contributed by atoms with E-state index in [2.05, 4.69) is 0 Å². The first-order chi connectivity index (χ1) is 8.38. The molecule has 0 aromatic rings. The highest BCUT2D eigenvalue weighted by atomic mass is 16.7. The first kappa shape index (κ1) is 12.0. The van der Waals surface area contributed by atoms with Gasteiger partial charge in [0.1, 0.15) is 0 Å². The lowest BCUT2D eigenvalue weighted by molar-refractivity contribution is -0.273. The average molecular weight is 252 g/mol. The van der Waals surface area contributed by atoms with Crippen molar-refractivity contribution in [2.24, 2.45) is 23.2 Å². The van der Waals surface area contributed by atoms with Crippen LogP contribution in [-0.4, -0.2) is 17.7 Å². The second kappa shape index (κ2) is 3.49. The number of fused-ring (bicyclic) bond motifs is 1. The summed E-state index contributed by atoms with van der Waals surface area (Å²) in [6, 6.07) is 0. The molecule has 18 heavy (non-hydrogen) atoms. The molecule has 0 amide bonds. The van der Waals surface area contributed by atoms with Crippen molar-refractivity contribution >= 4 is 11.9 Å². The zero-order chi connectivity index (χ0) is 13.1. The van der Waals surface area contributed by atoms with Gasteiger partial charge in [-0.25, -0.2) is 0 Å². The van der Waals surface area contributed by atoms with Crippen molar-refractivity contribution in [3.8, 4) is 0 Å². The molecular weight excluding hydrogens is 232 g/mol. The number of carbonyl (C=O) groups is 2. The molecule has 0 radical (unpaired) electrons. The van der Waals surface area contributed by atoms with Crippen LogP contribution in [0.3, 0.4) is 0 Å². The molecule has 4 fully saturated rings. The average Bonchev–Trinajstić information content (AvgIpc) is 2.83. The SMILES string of the molecule is CCC(C)(C)C(=O)OC12CC3CC1CC3C(=O)O2. The first-order valence-corrected chi connectivity index (χ1v) is 6.84. The van der Waals surface area contributed by atoms with Crippen LogP contribution in [0.1, 0.15) is 46.5 Å². The minimum atomic E-state index is -0.931. The van der Waals surface area contributed by atoms with E-state index in [1.807, 2.05) is 20.8 Å². The minimum absolute atomic E-state index is 0.0646. The Bertz CT molecular complexity index is 414. The predicted octanol–water partition coefficient (Wildman–Crippen LogP) is 2.27. The normalized spacial score (nSPS) is 41.1. The molecule has 4 atom stereocenters. The molecule has 4 unspecified atom stereocenters. The van der Waals surface area contributed by atoms with Crippen molar-refractivity contribution in [3.05, 3.63) is 0 Å². The van der Waals surface area contributed by atoms with Gasteiger partial charge in [-0.2, -0.15) is 0 Å². The molecule has 2 heterocycles. The number of hydrogen-bond acceptors (Lipinski definition) is 4. The Hall–Kier alpha value is -1.06. The van der Waals surface area contributed by atoms with Gasteiger partial charge in [-0.3, -0.25) is 9.59 Å². The van der Waals surface area contributed by atoms with E-state index in [0.717, 1.165) is 12.8 Å². The van der Waals surface area contributed by atoms with E-state index < -0.39 is 11.2 Å². The third-order valence-corrected chi connectivity index (χ3v) is 5.14. The summed E-state index contributed by atoms with van der Waals surface area (Å²) in [5, 5.41) is 0. The molecule has 4 heteroatoms. The first-order valence-electron chi connectivity index (χ1n) is 6.84. The van der Waals surface area contributed by atoms with Crippen LogP contribution in [0.5, 0.6) is 0 Å². The van der Waals surface area contributed by atoms with Gasteiger partial charge in [0.2, 0.25) is 0 Å². The minimum Gasteiger partial charge on any atom is -0.422 e. The van der Waals surface area contributed by atoms with Crippen molar-refractivity contribution < 1.29 is 19.1 Å². The Kier molecular flexibility index (Phi) is 2.32. The predicted molar refractivity (Wildman–Crippen MR) is 63.3 cm³/mol. The smallest absolute Gasteiger partial charge is 0.314 e. The van der Waals surface area contributed by atoms with E-state index in [4.69, 9.17) is 9.47 Å². The Morgan fingerprint density at radius 2 is 2.22 bits per heavy atom. The topological polar surface area (TPSA) is 52.6 Å². The van der Waals surface area contributed by atoms with Gasteiger partial charge in [0.25, 0.3) is 5.79 Å². The zero-order valence-corrected chi connectivity index (χ0v) is 11.2. The lowest BCUT2D eigenvalue weighted by Gasteiger charge is -2.44. The Morgan fingerprint density at radius 1 is 1.50 bits per heavy atom. The molecule has 100 valence electrons. The van der Waals surface area contributed by atoms with Gasteiger partial charge >= 0.3 is 11.9 Å². The van der Waals surface area contributed by atoms with Crippen LogP contribution in [-0.2, 0) is 19.1 Å². The van der Waals surface area contributed by atoms with Gasteiger partial charge in [-0.1, -0.05) is 6.92 Å². The van der Waals surface area contributed by atoms with E-state index in [9.17, 15) is 9.59 Å². The molecule has 0 N–H and O–H groups in total. The Balaban J connectivity index is 1.81. The molecule has 2 saturated heterocycles. The number of carbonyl (C=O) groups excluding carboxylic acids is 2. The number of hydrogen-bond donors (Lipinski definition) is 0. The van der Waals surface area contributed by atoms with Crippen LogP contribution >= 0.6 is 0 Å². The lowest BCUT2D eigenvalue weighted by Crippen LogP contribution is -2.54. The van der Waals surface area contributed by atoms with Crippen LogP contribution in [0.25, 0.3) is 0 Å². The van der Waals surface area contributed by atoms with E-state index in [1.165, 1.54) is 0 Å². The molecule has 0 aromatic heterocycles.